The third kappa shape index (κ3) is 4.99. The van der Waals surface area contributed by atoms with E-state index in [4.69, 9.17) is 4.74 Å². The van der Waals surface area contributed by atoms with Crippen molar-refractivity contribution < 1.29 is 24.5 Å². The minimum Gasteiger partial charge on any atom is -0.387 e. The Kier molecular flexibility index (Phi) is 7.03. The fourth-order valence-electron chi connectivity index (χ4n) is 4.65. The second kappa shape index (κ2) is 10.5. The van der Waals surface area contributed by atoms with E-state index in [1.165, 1.54) is 35.8 Å². The Morgan fingerprint density at radius 2 is 1.81 bits per heavy atom. The van der Waals surface area contributed by atoms with Gasteiger partial charge in [-0.15, -0.1) is 0 Å². The Bertz CT molecular complexity index is 1260. The Balaban J connectivity index is 1.30. The van der Waals surface area contributed by atoms with Gasteiger partial charge in [0.05, 0.1) is 6.33 Å². The molecule has 0 spiro atoms. The van der Waals surface area contributed by atoms with Gasteiger partial charge in [-0.05, 0) is 31.1 Å². The molecule has 3 aromatic rings. The fraction of sp³-hybridized carbons (Fsp3) is 0.400. The third-order valence-corrected chi connectivity index (χ3v) is 6.56. The van der Waals surface area contributed by atoms with Gasteiger partial charge < -0.3 is 25.6 Å². The van der Waals surface area contributed by atoms with Crippen LogP contribution in [0.4, 0.5) is 5.82 Å². The molecule has 1 aliphatic heterocycles. The number of aliphatic hydroxyl groups is 2. The molecular weight excluding hydrogens is 464 g/mol. The molecule has 1 aromatic carbocycles. The third-order valence-electron chi connectivity index (χ3n) is 6.56. The van der Waals surface area contributed by atoms with Gasteiger partial charge in [0.15, 0.2) is 23.2 Å². The van der Waals surface area contributed by atoms with Crippen molar-refractivity contribution in [1.29, 1.82) is 0 Å². The lowest BCUT2D eigenvalue weighted by Gasteiger charge is -2.22. The monoisotopic (exact) mass is 492 g/mol. The van der Waals surface area contributed by atoms with Crippen LogP contribution in [0.5, 0.6) is 0 Å². The molecule has 5 rings (SSSR count). The van der Waals surface area contributed by atoms with Crippen LogP contribution in [-0.4, -0.2) is 65.9 Å². The molecule has 2 fully saturated rings. The van der Waals surface area contributed by atoms with E-state index in [-0.39, 0.29) is 23.7 Å². The fourth-order valence-corrected chi connectivity index (χ4v) is 4.65. The number of imidazole rings is 1. The molecule has 11 heteroatoms. The molecule has 4 N–H and O–H groups in total. The molecule has 4 atom stereocenters. The molecule has 188 valence electrons. The van der Waals surface area contributed by atoms with E-state index in [1.54, 1.807) is 24.3 Å². The van der Waals surface area contributed by atoms with Crippen LogP contribution in [0.3, 0.4) is 0 Å². The van der Waals surface area contributed by atoms with Crippen LogP contribution in [-0.2, 0) is 9.53 Å². The highest BCUT2D eigenvalue weighted by atomic mass is 16.6. The number of benzene rings is 1. The van der Waals surface area contributed by atoms with Crippen molar-refractivity contribution in [2.45, 2.75) is 62.7 Å². The van der Waals surface area contributed by atoms with E-state index in [0.717, 1.165) is 25.7 Å². The maximum Gasteiger partial charge on any atom is 0.256 e. The number of fused-ring (bicyclic) bond motifs is 1. The molecule has 36 heavy (non-hydrogen) atoms. The first kappa shape index (κ1) is 24.0. The van der Waals surface area contributed by atoms with Crippen molar-refractivity contribution in [1.82, 2.24) is 24.8 Å². The Hall–Kier alpha value is -3.67. The van der Waals surface area contributed by atoms with E-state index in [9.17, 15) is 19.8 Å². The highest BCUT2D eigenvalue weighted by molar-refractivity contribution is 6.06. The zero-order valence-electron chi connectivity index (χ0n) is 19.5. The summed E-state index contributed by atoms with van der Waals surface area (Å²) in [7, 11) is 0. The number of nitrogens with zero attached hydrogens (tertiary/aromatic N) is 4. The summed E-state index contributed by atoms with van der Waals surface area (Å²) in [6.45, 7) is 0. The van der Waals surface area contributed by atoms with E-state index in [2.05, 4.69) is 25.6 Å². The van der Waals surface area contributed by atoms with Gasteiger partial charge in [0, 0.05) is 17.7 Å². The first-order valence-electron chi connectivity index (χ1n) is 12.1. The van der Waals surface area contributed by atoms with Gasteiger partial charge in [0.2, 0.25) is 5.91 Å². The highest BCUT2D eigenvalue weighted by Gasteiger charge is 2.43. The van der Waals surface area contributed by atoms with Crippen molar-refractivity contribution in [2.75, 3.05) is 5.32 Å². The summed E-state index contributed by atoms with van der Waals surface area (Å²) < 4.78 is 7.35. The Labute approximate surface area is 207 Å². The minimum atomic E-state index is -1.30. The zero-order chi connectivity index (χ0) is 25.1. The second-order valence-corrected chi connectivity index (χ2v) is 9.04. The van der Waals surface area contributed by atoms with Crippen LogP contribution in [0.15, 0.2) is 55.1 Å². The van der Waals surface area contributed by atoms with Crippen molar-refractivity contribution in [3.05, 3.63) is 60.7 Å². The van der Waals surface area contributed by atoms with Gasteiger partial charge >= 0.3 is 0 Å². The molecule has 11 nitrogen and oxygen atoms in total. The summed E-state index contributed by atoms with van der Waals surface area (Å²) in [5.41, 5.74) is 1.07. The number of amides is 2. The molecule has 0 unspecified atom stereocenters. The molecule has 2 aromatic heterocycles. The molecule has 0 bridgehead atoms. The smallest absolute Gasteiger partial charge is 0.256 e. The largest absolute Gasteiger partial charge is 0.387 e. The van der Waals surface area contributed by atoms with Gasteiger partial charge in [-0.3, -0.25) is 14.2 Å². The van der Waals surface area contributed by atoms with Crippen molar-refractivity contribution in [3.8, 4) is 0 Å². The average Bonchev–Trinajstić information content (AvgIpc) is 3.45. The van der Waals surface area contributed by atoms with Gasteiger partial charge in [0.1, 0.15) is 24.6 Å². The summed E-state index contributed by atoms with van der Waals surface area (Å²) in [5, 5.41) is 26.9. The topological polar surface area (TPSA) is 151 Å². The first-order valence-corrected chi connectivity index (χ1v) is 12.1. The van der Waals surface area contributed by atoms with Crippen LogP contribution in [0.2, 0.25) is 0 Å². The maximum atomic E-state index is 12.6. The SMILES string of the molecule is O=C(/C=C/[C@H]1O[C@@H](n2cnc3c(NC(=O)c4ccccc4)ncnc32)[C@H](O)[C@@H]1O)NC1CCCCC1. The van der Waals surface area contributed by atoms with Crippen LogP contribution in [0, 0.1) is 0 Å². The van der Waals surface area contributed by atoms with Crippen LogP contribution < -0.4 is 10.6 Å². The van der Waals surface area contributed by atoms with Crippen LogP contribution >= 0.6 is 0 Å². The summed E-state index contributed by atoms with van der Waals surface area (Å²) in [6.07, 6.45) is 6.32. The van der Waals surface area contributed by atoms with E-state index < -0.39 is 24.5 Å². The van der Waals surface area contributed by atoms with E-state index in [0.29, 0.717) is 16.7 Å². The van der Waals surface area contributed by atoms with Crippen molar-refractivity contribution >= 4 is 28.8 Å². The quantitative estimate of drug-likeness (QED) is 0.380. The predicted molar refractivity (Wildman–Crippen MR) is 130 cm³/mol. The molecule has 1 saturated carbocycles. The molecule has 2 aliphatic rings. The number of aromatic nitrogens is 4. The van der Waals surface area contributed by atoms with Gasteiger partial charge in [-0.1, -0.05) is 37.5 Å². The molecule has 2 amide bonds. The summed E-state index contributed by atoms with van der Waals surface area (Å²) in [6, 6.07) is 8.85. The predicted octanol–water partition coefficient (Wildman–Crippen LogP) is 1.70. The van der Waals surface area contributed by atoms with Crippen LogP contribution in [0.25, 0.3) is 11.2 Å². The Morgan fingerprint density at radius 1 is 1.03 bits per heavy atom. The molecule has 1 saturated heterocycles. The number of nitrogens with one attached hydrogen (secondary N) is 2. The summed E-state index contributed by atoms with van der Waals surface area (Å²) in [5.74, 6) is -0.402. The summed E-state index contributed by atoms with van der Waals surface area (Å²) >= 11 is 0. The minimum absolute atomic E-state index is 0.164. The number of rotatable bonds is 6. The number of ether oxygens (including phenoxy) is 1. The number of hydrogen-bond donors (Lipinski definition) is 4. The van der Waals surface area contributed by atoms with Crippen LogP contribution in [0.1, 0.15) is 48.7 Å². The standard InChI is InChI=1S/C25H28N6O5/c32-18(29-16-9-5-2-6-10-16)12-11-17-20(33)21(34)25(36-17)31-14-28-19-22(26-13-27-23(19)31)30-24(35)15-7-3-1-4-8-15/h1,3-4,7-8,11-14,16-17,20-21,25,33-34H,2,5-6,9-10H2,(H,29,32)(H,26,27,30,35)/b12-11+/t17-,20-,21-,25-/m1/s1. The highest BCUT2D eigenvalue weighted by Crippen LogP contribution is 2.33. The maximum absolute atomic E-state index is 12.6. The number of hydrogen-bond acceptors (Lipinski definition) is 8. The van der Waals surface area contributed by atoms with Crippen molar-refractivity contribution in [3.63, 3.8) is 0 Å². The second-order valence-electron chi connectivity index (χ2n) is 9.04. The lowest BCUT2D eigenvalue weighted by atomic mass is 9.95. The normalized spacial score (nSPS) is 24.8. The zero-order valence-corrected chi connectivity index (χ0v) is 19.5. The Morgan fingerprint density at radius 3 is 2.58 bits per heavy atom. The average molecular weight is 493 g/mol. The molecule has 0 radical (unpaired) electrons. The number of anilines is 1. The summed E-state index contributed by atoms with van der Waals surface area (Å²) in [4.78, 5) is 37.5. The number of carbonyl (C=O) groups excluding carboxylic acids is 2. The number of aliphatic hydroxyl groups excluding tert-OH is 2. The van der Waals surface area contributed by atoms with Crippen molar-refractivity contribution in [2.24, 2.45) is 0 Å². The first-order chi connectivity index (χ1) is 17.5. The molecule has 3 heterocycles. The van der Waals surface area contributed by atoms with Gasteiger partial charge in [0.25, 0.3) is 5.91 Å². The lowest BCUT2D eigenvalue weighted by Crippen LogP contribution is -2.35. The van der Waals surface area contributed by atoms with Gasteiger partial charge in [-0.2, -0.15) is 0 Å². The molecule has 1 aliphatic carbocycles. The van der Waals surface area contributed by atoms with E-state index in [1.807, 2.05) is 6.07 Å². The number of carbonyl (C=O) groups is 2. The molecular formula is C25H28N6O5. The van der Waals surface area contributed by atoms with E-state index >= 15 is 0 Å². The van der Waals surface area contributed by atoms with Gasteiger partial charge in [-0.25, -0.2) is 15.0 Å². The lowest BCUT2D eigenvalue weighted by molar-refractivity contribution is -0.117.